The Kier molecular flexibility index (Phi) is 41.2. The van der Waals surface area contributed by atoms with E-state index in [1.54, 1.807) is 30.5 Å². The summed E-state index contributed by atoms with van der Waals surface area (Å²) in [5.41, 5.74) is 17.8. The molecule has 2 aromatic rings. The predicted octanol–water partition coefficient (Wildman–Crippen LogP) is -5.94. The minimum Gasteiger partial charge on any atom is -0.481 e. The van der Waals surface area contributed by atoms with Crippen molar-refractivity contribution in [2.45, 2.75) is 230 Å². The van der Waals surface area contributed by atoms with E-state index in [-0.39, 0.29) is 32.2 Å². The Morgan fingerprint density at radius 3 is 1.58 bits per heavy atom. The van der Waals surface area contributed by atoms with Crippen LogP contribution in [0.1, 0.15) is 156 Å². The van der Waals surface area contributed by atoms with Crippen molar-refractivity contribution < 1.29 is 126 Å². The second-order valence-corrected chi connectivity index (χ2v) is 28.0. The molecular weight excluding hydrogens is 1510 g/mol. The highest BCUT2D eigenvalue weighted by Crippen LogP contribution is 2.21. The van der Waals surface area contributed by atoms with Crippen LogP contribution in [0.3, 0.4) is 0 Å². The average Bonchev–Trinajstić information content (AvgIpc) is 1.54. The number of carbonyl (C=O) groups excluding carboxylic acids is 16. The second kappa shape index (κ2) is 48.8. The molecule has 14 atom stereocenters. The lowest BCUT2D eigenvalue weighted by atomic mass is 9.94. The summed E-state index contributed by atoms with van der Waals surface area (Å²) in [6.07, 6.45) is -2.11. The lowest BCUT2D eigenvalue weighted by Crippen LogP contribution is -2.62. The minimum atomic E-state index is -2.35. The quantitative estimate of drug-likeness (QED) is 0.0221. The van der Waals surface area contributed by atoms with E-state index in [1.807, 2.05) is 21.3 Å². The molecule has 1 aromatic heterocycles. The molecule has 0 aliphatic carbocycles. The number of rotatable bonds is 37. The number of H-pyrrole nitrogens is 1. The maximum absolute atomic E-state index is 14.7. The van der Waals surface area contributed by atoms with Gasteiger partial charge in [-0.05, 0) is 62.1 Å². The molecule has 3 rings (SSSR count). The summed E-state index contributed by atoms with van der Waals surface area (Å²) < 4.78 is 5.72. The number of aromatic nitrogens is 1. The molecule has 1 aliphatic heterocycles. The van der Waals surface area contributed by atoms with Crippen LogP contribution in [-0.4, -0.2) is 248 Å². The fourth-order valence-electron chi connectivity index (χ4n) is 11.7. The first kappa shape index (κ1) is 96.3. The number of benzene rings is 1. The average molecular weight is 1610 g/mol. The molecule has 0 bridgehead atoms. The number of primary amides is 2. The third kappa shape index (κ3) is 34.4. The molecule has 1 aliphatic rings. The summed E-state index contributed by atoms with van der Waals surface area (Å²) in [6, 6.07) is -15.6. The van der Waals surface area contributed by atoms with E-state index in [1.165, 1.54) is 13.8 Å². The summed E-state index contributed by atoms with van der Waals surface area (Å²) >= 11 is 0. The Morgan fingerprint density at radius 1 is 0.526 bits per heavy atom. The first-order valence-electron chi connectivity index (χ1n) is 37.1. The number of aliphatic carboxylic acids is 4. The van der Waals surface area contributed by atoms with Crippen molar-refractivity contribution >= 4 is 129 Å². The molecule has 0 radical (unpaired) electrons. The third-order valence-corrected chi connectivity index (χ3v) is 18.1. The summed E-state index contributed by atoms with van der Waals surface area (Å²) in [6.45, 7) is 5.39. The van der Waals surface area contributed by atoms with Gasteiger partial charge < -0.3 is 122 Å². The van der Waals surface area contributed by atoms with Crippen LogP contribution in [0.25, 0.3) is 10.9 Å². The van der Waals surface area contributed by atoms with Crippen LogP contribution in [0.4, 0.5) is 0 Å². The summed E-state index contributed by atoms with van der Waals surface area (Å²) in [7, 11) is 0. The molecular formula is C71H107N17O26. The number of carbonyl (C=O) groups is 20. The molecule has 15 amide bonds. The van der Waals surface area contributed by atoms with Gasteiger partial charge in [-0.15, -0.1) is 0 Å². The maximum Gasteiger partial charge on any atom is 0.329 e. The van der Waals surface area contributed by atoms with E-state index in [2.05, 4.69) is 66.7 Å². The van der Waals surface area contributed by atoms with E-state index < -0.39 is 267 Å². The number of amides is 15. The fraction of sp³-hybridized carbons (Fsp3) is 0.606. The molecule has 0 spiro atoms. The highest BCUT2D eigenvalue weighted by molar-refractivity contribution is 6.02. The largest absolute Gasteiger partial charge is 0.481 e. The van der Waals surface area contributed by atoms with Crippen molar-refractivity contribution in [1.29, 1.82) is 0 Å². The second-order valence-electron chi connectivity index (χ2n) is 28.0. The third-order valence-electron chi connectivity index (χ3n) is 18.1. The number of ether oxygens (including phenoxy) is 1. The van der Waals surface area contributed by atoms with Crippen LogP contribution in [-0.2, 0) is 107 Å². The number of aliphatic hydroxyl groups is 1. The normalized spacial score (nSPS) is 21.6. The Hall–Kier alpha value is -11.9. The zero-order valence-corrected chi connectivity index (χ0v) is 64.1. The Labute approximate surface area is 654 Å². The van der Waals surface area contributed by atoms with Gasteiger partial charge in [-0.3, -0.25) is 91.1 Å². The van der Waals surface area contributed by atoms with Crippen molar-refractivity contribution in [2.75, 3.05) is 26.2 Å². The molecule has 43 nitrogen and oxygen atoms in total. The number of hydrogen-bond donors (Lipinski definition) is 22. The number of carboxylic acids is 4. The van der Waals surface area contributed by atoms with Gasteiger partial charge in [-0.25, -0.2) is 4.79 Å². The SMILES string of the molecule is CCC(C)C1NC(=O)C(C(C)CC(=O)O)NC(=O)C(CO)NC(=O)CNC(=O)C(CC(=O)O)NC(=O)C(CC(N)=O)NC(=O)C(CC(=O)O)NC(=O)C(CCCN)NC(=O)CNC(=O)C(NC(=O)C(CC(=O)O)NC(=O)C(CC(N)=O)NC(=O)C(Cc2c[nH]c3ccccc23)NC(=O)CCCCCCCCC(C)C)C(C)OC1=O. The molecule has 2 heterocycles. The van der Waals surface area contributed by atoms with Crippen molar-refractivity contribution in [1.82, 2.24) is 74.1 Å². The molecule has 25 N–H and O–H groups in total. The van der Waals surface area contributed by atoms with Gasteiger partial charge in [0.25, 0.3) is 0 Å². The van der Waals surface area contributed by atoms with E-state index in [9.17, 15) is 121 Å². The van der Waals surface area contributed by atoms with Gasteiger partial charge in [-0.1, -0.05) is 97.8 Å². The van der Waals surface area contributed by atoms with Gasteiger partial charge in [0.2, 0.25) is 88.6 Å². The number of unbranched alkanes of at least 4 members (excludes halogenated alkanes) is 5. The summed E-state index contributed by atoms with van der Waals surface area (Å²) in [4.78, 5) is 274. The number of aromatic amines is 1. The molecule has 1 aromatic carbocycles. The van der Waals surface area contributed by atoms with Gasteiger partial charge in [0.05, 0.1) is 58.2 Å². The van der Waals surface area contributed by atoms with Gasteiger partial charge in [-0.2, -0.15) is 0 Å². The number of nitrogens with two attached hydrogens (primary N) is 3. The number of fused-ring (bicyclic) bond motifs is 1. The van der Waals surface area contributed by atoms with Gasteiger partial charge in [0.1, 0.15) is 72.6 Å². The molecule has 632 valence electrons. The molecule has 0 saturated carbocycles. The van der Waals surface area contributed by atoms with Crippen molar-refractivity contribution in [2.24, 2.45) is 35.0 Å². The summed E-state index contributed by atoms with van der Waals surface area (Å²) in [5.74, 6) is -30.2. The lowest BCUT2D eigenvalue weighted by Gasteiger charge is -2.31. The summed E-state index contributed by atoms with van der Waals surface area (Å²) in [5, 5.41) is 78.7. The molecule has 114 heavy (non-hydrogen) atoms. The number of cyclic esters (lactones) is 1. The van der Waals surface area contributed by atoms with Crippen molar-refractivity contribution in [3.8, 4) is 0 Å². The van der Waals surface area contributed by atoms with E-state index in [0.717, 1.165) is 46.0 Å². The molecule has 1 saturated heterocycles. The van der Waals surface area contributed by atoms with Crippen LogP contribution < -0.4 is 86.3 Å². The van der Waals surface area contributed by atoms with Crippen LogP contribution in [0.2, 0.25) is 0 Å². The van der Waals surface area contributed by atoms with Crippen LogP contribution >= 0.6 is 0 Å². The van der Waals surface area contributed by atoms with Crippen LogP contribution in [0, 0.1) is 17.8 Å². The predicted molar refractivity (Wildman–Crippen MR) is 397 cm³/mol. The van der Waals surface area contributed by atoms with Crippen molar-refractivity contribution in [3.63, 3.8) is 0 Å². The highest BCUT2D eigenvalue weighted by atomic mass is 16.5. The zero-order chi connectivity index (χ0) is 85.6. The number of carboxylic acid groups (broad SMARTS) is 4. The standard InChI is InChI=1S/C71H107N17O26/c1-7-35(4)59-71(113)114-37(6)60(88-67(109)47(29-57(101)102)85-65(107)44(26-50(74)91)81-63(105)42(24-38-30-75-40-19-15-14-18-39(38)40)79-51(92)21-13-11-9-8-10-12-17-34(2)3)69(111)77-32-52(93)78-41(20-16-22-72)62(104)84-46(28-56(99)100)66(108)82-43(25-49(73)90)64(106)83-45(27-55(97)98)61(103)76-31-53(94)80-48(33-89)68(110)86-58(70(112)87-59)36(5)23-54(95)96/h14-15,18-19,30,34-37,41-48,58-60,75,89H,7-13,16-17,20-29,31-33,72H2,1-6H3,(H2,73,90)(H2,74,91)(H,76,103)(H,77,111)(H,78,93)(H,79,92)(H,80,94)(H,81,105)(H,82,108)(H,83,106)(H,84,104)(H,85,107)(H,86,110)(H,87,112)(H,88,109)(H,95,96)(H,97,98)(H,99,100)(H,101,102). The number of esters is 1. The number of aliphatic hydroxyl groups excluding tert-OH is 1. The first-order chi connectivity index (χ1) is 53.7. The van der Waals surface area contributed by atoms with Crippen LogP contribution in [0.15, 0.2) is 30.5 Å². The topological polar surface area (TPSA) is 702 Å². The van der Waals surface area contributed by atoms with Crippen LogP contribution in [0.5, 0.6) is 0 Å². The zero-order valence-electron chi connectivity index (χ0n) is 64.1. The van der Waals surface area contributed by atoms with Gasteiger partial charge >= 0.3 is 29.8 Å². The maximum atomic E-state index is 14.7. The molecule has 43 heteroatoms. The fourth-order valence-corrected chi connectivity index (χ4v) is 11.7. The molecule has 1 fully saturated rings. The van der Waals surface area contributed by atoms with E-state index in [4.69, 9.17) is 21.9 Å². The lowest BCUT2D eigenvalue weighted by molar-refractivity contribution is -0.158. The first-order valence-corrected chi connectivity index (χ1v) is 37.1. The molecule has 14 unspecified atom stereocenters. The number of para-hydroxylation sites is 1. The van der Waals surface area contributed by atoms with Gasteiger partial charge in [0, 0.05) is 29.9 Å². The van der Waals surface area contributed by atoms with E-state index >= 15 is 0 Å². The Bertz CT molecular complexity index is 3780. The van der Waals surface area contributed by atoms with Crippen molar-refractivity contribution in [3.05, 3.63) is 36.0 Å². The number of nitrogens with one attached hydrogen (secondary N) is 14. The number of hydrogen-bond acceptors (Lipinski definition) is 23. The van der Waals surface area contributed by atoms with E-state index in [0.29, 0.717) is 35.2 Å². The Balaban J connectivity index is 2.22. The van der Waals surface area contributed by atoms with Gasteiger partial charge in [0.15, 0.2) is 0 Å². The monoisotopic (exact) mass is 1610 g/mol. The smallest absolute Gasteiger partial charge is 0.329 e. The Morgan fingerprint density at radius 2 is 1.04 bits per heavy atom. The highest BCUT2D eigenvalue weighted by Gasteiger charge is 2.42. The minimum absolute atomic E-state index is 0.00787.